The van der Waals surface area contributed by atoms with Crippen molar-refractivity contribution >= 4 is 0 Å². The Morgan fingerprint density at radius 2 is 2.50 bits per heavy atom. The van der Waals surface area contributed by atoms with Gasteiger partial charge in [0.2, 0.25) is 0 Å². The first-order valence-corrected chi connectivity index (χ1v) is 3.78. The lowest BCUT2D eigenvalue weighted by atomic mass is 9.97. The summed E-state index contributed by atoms with van der Waals surface area (Å²) in [5.74, 6) is 0. The molecule has 0 radical (unpaired) electrons. The molecule has 1 fully saturated rings. The zero-order chi connectivity index (χ0) is 7.45. The predicted octanol–water partition coefficient (Wildman–Crippen LogP) is 1.86. The molecule has 1 aliphatic heterocycles. The van der Waals surface area contributed by atoms with Crippen molar-refractivity contribution in [3.63, 3.8) is 0 Å². The van der Waals surface area contributed by atoms with Crippen molar-refractivity contribution in [2.75, 3.05) is 6.61 Å². The standard InChI is InChI=1S/C8H13NO/c1-8(4-2-6-9)5-3-7-10-8/h2-5,7H2,1H3. The number of rotatable bonds is 2. The first-order valence-electron chi connectivity index (χ1n) is 3.78. The van der Waals surface area contributed by atoms with E-state index in [-0.39, 0.29) is 5.60 Å². The lowest BCUT2D eigenvalue weighted by Gasteiger charge is -2.20. The number of ether oxygens (including phenoxy) is 1. The number of hydrogen-bond acceptors (Lipinski definition) is 2. The molecule has 1 atom stereocenters. The maximum atomic E-state index is 8.34. The Balaban J connectivity index is 2.30. The van der Waals surface area contributed by atoms with Crippen LogP contribution in [-0.2, 0) is 4.74 Å². The van der Waals surface area contributed by atoms with Gasteiger partial charge in [-0.15, -0.1) is 0 Å². The van der Waals surface area contributed by atoms with Gasteiger partial charge in [0.15, 0.2) is 0 Å². The first-order chi connectivity index (χ1) is 4.77. The van der Waals surface area contributed by atoms with Crippen LogP contribution in [0.3, 0.4) is 0 Å². The van der Waals surface area contributed by atoms with E-state index in [4.69, 9.17) is 10.00 Å². The Morgan fingerprint density at radius 3 is 3.00 bits per heavy atom. The largest absolute Gasteiger partial charge is 0.375 e. The van der Waals surface area contributed by atoms with Crippen LogP contribution in [0.1, 0.15) is 32.6 Å². The second kappa shape index (κ2) is 3.03. The Labute approximate surface area is 61.8 Å². The minimum Gasteiger partial charge on any atom is -0.375 e. The summed E-state index contributed by atoms with van der Waals surface area (Å²) in [7, 11) is 0. The quantitative estimate of drug-likeness (QED) is 0.585. The van der Waals surface area contributed by atoms with E-state index in [0.717, 1.165) is 25.9 Å². The number of nitrogens with zero attached hydrogens (tertiary/aromatic N) is 1. The van der Waals surface area contributed by atoms with E-state index >= 15 is 0 Å². The minimum atomic E-state index is 0.0235. The lowest BCUT2D eigenvalue weighted by Crippen LogP contribution is -2.22. The van der Waals surface area contributed by atoms with Crippen LogP contribution in [0.25, 0.3) is 0 Å². The monoisotopic (exact) mass is 139 g/mol. The van der Waals surface area contributed by atoms with Crippen molar-refractivity contribution in [2.45, 2.75) is 38.2 Å². The van der Waals surface area contributed by atoms with Gasteiger partial charge in [-0.05, 0) is 26.2 Å². The van der Waals surface area contributed by atoms with Crippen LogP contribution in [0.4, 0.5) is 0 Å². The molecule has 56 valence electrons. The molecule has 2 nitrogen and oxygen atoms in total. The van der Waals surface area contributed by atoms with Crippen molar-refractivity contribution in [3.8, 4) is 6.07 Å². The van der Waals surface area contributed by atoms with Gasteiger partial charge in [0.05, 0.1) is 11.7 Å². The highest BCUT2D eigenvalue weighted by atomic mass is 16.5. The SMILES string of the molecule is CC1(CCC#N)CCCO1. The van der Waals surface area contributed by atoms with Crippen molar-refractivity contribution < 1.29 is 4.74 Å². The van der Waals surface area contributed by atoms with E-state index in [0.29, 0.717) is 6.42 Å². The molecule has 2 heteroatoms. The molecule has 0 spiro atoms. The maximum Gasteiger partial charge on any atom is 0.0665 e. The average Bonchev–Trinajstić information content (AvgIpc) is 2.33. The highest BCUT2D eigenvalue weighted by Gasteiger charge is 2.28. The molecule has 0 aliphatic carbocycles. The average molecular weight is 139 g/mol. The lowest BCUT2D eigenvalue weighted by molar-refractivity contribution is 0.0145. The Kier molecular flexibility index (Phi) is 2.29. The third-order valence-electron chi connectivity index (χ3n) is 2.07. The predicted molar refractivity (Wildman–Crippen MR) is 38.4 cm³/mol. The Morgan fingerprint density at radius 1 is 1.70 bits per heavy atom. The van der Waals surface area contributed by atoms with Crippen LogP contribution in [0.2, 0.25) is 0 Å². The zero-order valence-electron chi connectivity index (χ0n) is 6.39. The van der Waals surface area contributed by atoms with Gasteiger partial charge >= 0.3 is 0 Å². The summed E-state index contributed by atoms with van der Waals surface area (Å²) in [6.07, 6.45) is 3.79. The molecular formula is C8H13NO. The number of hydrogen-bond donors (Lipinski definition) is 0. The molecule has 1 unspecified atom stereocenters. The van der Waals surface area contributed by atoms with E-state index in [2.05, 4.69) is 13.0 Å². The molecular weight excluding hydrogens is 126 g/mol. The molecule has 0 N–H and O–H groups in total. The van der Waals surface area contributed by atoms with Gasteiger partial charge in [-0.1, -0.05) is 0 Å². The molecule has 0 aromatic rings. The second-order valence-electron chi connectivity index (χ2n) is 3.06. The molecule has 0 aromatic carbocycles. The maximum absolute atomic E-state index is 8.34. The molecule has 0 aromatic heterocycles. The molecule has 1 saturated heterocycles. The van der Waals surface area contributed by atoms with E-state index in [1.807, 2.05) is 0 Å². The molecule has 1 aliphatic rings. The van der Waals surface area contributed by atoms with Crippen LogP contribution in [0.5, 0.6) is 0 Å². The third kappa shape index (κ3) is 1.71. The van der Waals surface area contributed by atoms with Crippen molar-refractivity contribution in [1.82, 2.24) is 0 Å². The summed E-state index contributed by atoms with van der Waals surface area (Å²) in [6, 6.07) is 2.14. The fourth-order valence-corrected chi connectivity index (χ4v) is 1.35. The fraction of sp³-hybridized carbons (Fsp3) is 0.875. The number of nitriles is 1. The second-order valence-corrected chi connectivity index (χ2v) is 3.06. The van der Waals surface area contributed by atoms with Crippen LogP contribution in [-0.4, -0.2) is 12.2 Å². The van der Waals surface area contributed by atoms with Crippen molar-refractivity contribution in [1.29, 1.82) is 5.26 Å². The van der Waals surface area contributed by atoms with Gasteiger partial charge in [-0.2, -0.15) is 5.26 Å². The summed E-state index contributed by atoms with van der Waals surface area (Å²) < 4.78 is 5.49. The topological polar surface area (TPSA) is 33.0 Å². The van der Waals surface area contributed by atoms with Crippen LogP contribution >= 0.6 is 0 Å². The first kappa shape index (κ1) is 7.56. The van der Waals surface area contributed by atoms with Gasteiger partial charge in [0.1, 0.15) is 0 Å². The highest BCUT2D eigenvalue weighted by molar-refractivity contribution is 4.84. The molecule has 0 bridgehead atoms. The van der Waals surface area contributed by atoms with Crippen LogP contribution < -0.4 is 0 Å². The van der Waals surface area contributed by atoms with E-state index in [9.17, 15) is 0 Å². The summed E-state index contributed by atoms with van der Waals surface area (Å²) in [5, 5.41) is 8.34. The third-order valence-corrected chi connectivity index (χ3v) is 2.07. The highest BCUT2D eigenvalue weighted by Crippen LogP contribution is 2.29. The van der Waals surface area contributed by atoms with Crippen molar-refractivity contribution in [3.05, 3.63) is 0 Å². The summed E-state index contributed by atoms with van der Waals surface area (Å²) in [6.45, 7) is 2.97. The molecule has 0 saturated carbocycles. The summed E-state index contributed by atoms with van der Waals surface area (Å²) in [4.78, 5) is 0. The summed E-state index contributed by atoms with van der Waals surface area (Å²) >= 11 is 0. The Hall–Kier alpha value is -0.550. The van der Waals surface area contributed by atoms with Gasteiger partial charge in [-0.3, -0.25) is 0 Å². The van der Waals surface area contributed by atoms with Crippen LogP contribution in [0.15, 0.2) is 0 Å². The Bertz CT molecular complexity index is 142. The molecule has 1 heterocycles. The van der Waals surface area contributed by atoms with Crippen LogP contribution in [0, 0.1) is 11.3 Å². The zero-order valence-corrected chi connectivity index (χ0v) is 6.39. The smallest absolute Gasteiger partial charge is 0.0665 e. The fourth-order valence-electron chi connectivity index (χ4n) is 1.35. The normalized spacial score (nSPS) is 32.0. The van der Waals surface area contributed by atoms with Gasteiger partial charge in [0.25, 0.3) is 0 Å². The van der Waals surface area contributed by atoms with Gasteiger partial charge < -0.3 is 4.74 Å². The van der Waals surface area contributed by atoms with E-state index < -0.39 is 0 Å². The van der Waals surface area contributed by atoms with Gasteiger partial charge in [0, 0.05) is 13.0 Å². The van der Waals surface area contributed by atoms with Gasteiger partial charge in [-0.25, -0.2) is 0 Å². The van der Waals surface area contributed by atoms with E-state index in [1.165, 1.54) is 0 Å². The van der Waals surface area contributed by atoms with Crippen molar-refractivity contribution in [2.24, 2.45) is 0 Å². The minimum absolute atomic E-state index is 0.0235. The molecule has 0 amide bonds. The molecule has 10 heavy (non-hydrogen) atoms. The van der Waals surface area contributed by atoms with E-state index in [1.54, 1.807) is 0 Å². The summed E-state index contributed by atoms with van der Waals surface area (Å²) in [5.41, 5.74) is 0.0235. The molecule has 1 rings (SSSR count).